The first-order valence-corrected chi connectivity index (χ1v) is 11.0. The van der Waals surface area contributed by atoms with Crippen molar-refractivity contribution in [3.05, 3.63) is 55.0 Å². The van der Waals surface area contributed by atoms with E-state index in [4.69, 9.17) is 9.97 Å². The SMILES string of the molecule is CN1CCN(c2ncc(-c3ccncc3)c(C3CCCN(c4cnccn4)C3)n2)CC1. The summed E-state index contributed by atoms with van der Waals surface area (Å²) in [5, 5.41) is 0. The average molecular weight is 417 g/mol. The van der Waals surface area contributed by atoms with Gasteiger partial charge in [-0.2, -0.15) is 0 Å². The van der Waals surface area contributed by atoms with Gasteiger partial charge in [0.1, 0.15) is 5.82 Å². The summed E-state index contributed by atoms with van der Waals surface area (Å²) < 4.78 is 0. The molecule has 31 heavy (non-hydrogen) atoms. The van der Waals surface area contributed by atoms with Crippen LogP contribution >= 0.6 is 0 Å². The van der Waals surface area contributed by atoms with E-state index in [2.05, 4.69) is 36.7 Å². The Balaban J connectivity index is 1.49. The Morgan fingerprint density at radius 3 is 2.45 bits per heavy atom. The topological polar surface area (TPSA) is 74.2 Å². The van der Waals surface area contributed by atoms with Crippen LogP contribution in [0.2, 0.25) is 0 Å². The van der Waals surface area contributed by atoms with E-state index in [9.17, 15) is 0 Å². The van der Waals surface area contributed by atoms with Crippen LogP contribution in [0, 0.1) is 0 Å². The predicted molar refractivity (Wildman–Crippen MR) is 121 cm³/mol. The van der Waals surface area contributed by atoms with Gasteiger partial charge in [0.15, 0.2) is 0 Å². The highest BCUT2D eigenvalue weighted by Crippen LogP contribution is 2.34. The minimum atomic E-state index is 0.313. The molecular formula is C23H28N8. The number of anilines is 2. The standard InChI is InChI=1S/C23H28N8/c1-29-11-13-30(14-12-29)23-27-15-20(18-4-6-24-7-5-18)22(28-23)19-3-2-10-31(17-19)21-16-25-8-9-26-21/h4-9,15-16,19H,2-3,10-14,17H2,1H3. The van der Waals surface area contributed by atoms with E-state index in [0.717, 1.165) is 80.7 Å². The molecule has 2 aliphatic heterocycles. The van der Waals surface area contributed by atoms with Crippen molar-refractivity contribution in [1.82, 2.24) is 29.8 Å². The Kier molecular flexibility index (Phi) is 5.71. The first-order chi connectivity index (χ1) is 15.3. The molecule has 0 amide bonds. The minimum Gasteiger partial charge on any atom is -0.355 e. The molecule has 8 nitrogen and oxygen atoms in total. The highest BCUT2D eigenvalue weighted by molar-refractivity contribution is 5.66. The lowest BCUT2D eigenvalue weighted by Crippen LogP contribution is -2.45. The van der Waals surface area contributed by atoms with Crippen LogP contribution in [0.3, 0.4) is 0 Å². The molecule has 3 aromatic rings. The van der Waals surface area contributed by atoms with Crippen molar-refractivity contribution in [2.45, 2.75) is 18.8 Å². The molecule has 0 bridgehead atoms. The summed E-state index contributed by atoms with van der Waals surface area (Å²) in [5.41, 5.74) is 3.35. The molecule has 5 rings (SSSR count). The summed E-state index contributed by atoms with van der Waals surface area (Å²) >= 11 is 0. The molecule has 1 atom stereocenters. The van der Waals surface area contributed by atoms with Crippen molar-refractivity contribution in [1.29, 1.82) is 0 Å². The molecule has 3 aromatic heterocycles. The number of aromatic nitrogens is 5. The molecule has 0 radical (unpaired) electrons. The number of pyridine rings is 1. The number of rotatable bonds is 4. The Morgan fingerprint density at radius 2 is 1.68 bits per heavy atom. The third-order valence-corrected chi connectivity index (χ3v) is 6.26. The fourth-order valence-electron chi connectivity index (χ4n) is 4.47. The molecule has 0 aromatic carbocycles. The number of piperazine rings is 1. The maximum absolute atomic E-state index is 5.16. The third kappa shape index (κ3) is 4.34. The second-order valence-corrected chi connectivity index (χ2v) is 8.34. The van der Waals surface area contributed by atoms with Crippen molar-refractivity contribution in [3.63, 3.8) is 0 Å². The maximum atomic E-state index is 5.16. The van der Waals surface area contributed by atoms with Crippen molar-refractivity contribution < 1.29 is 0 Å². The number of nitrogens with zero attached hydrogens (tertiary/aromatic N) is 8. The summed E-state index contributed by atoms with van der Waals surface area (Å²) in [6.07, 6.45) is 13.2. The third-order valence-electron chi connectivity index (χ3n) is 6.26. The van der Waals surface area contributed by atoms with Crippen molar-refractivity contribution in [2.24, 2.45) is 0 Å². The van der Waals surface area contributed by atoms with E-state index < -0.39 is 0 Å². The van der Waals surface area contributed by atoms with Crippen molar-refractivity contribution >= 4 is 11.8 Å². The molecule has 160 valence electrons. The van der Waals surface area contributed by atoms with Gasteiger partial charge >= 0.3 is 0 Å². The zero-order valence-corrected chi connectivity index (χ0v) is 17.9. The molecule has 0 aliphatic carbocycles. The van der Waals surface area contributed by atoms with E-state index in [0.29, 0.717) is 5.92 Å². The lowest BCUT2D eigenvalue weighted by molar-refractivity contribution is 0.311. The summed E-state index contributed by atoms with van der Waals surface area (Å²) in [6, 6.07) is 4.09. The average Bonchev–Trinajstić information content (AvgIpc) is 2.85. The Labute approximate surface area is 183 Å². The highest BCUT2D eigenvalue weighted by Gasteiger charge is 2.27. The zero-order chi connectivity index (χ0) is 21.0. The first-order valence-electron chi connectivity index (χ1n) is 11.0. The van der Waals surface area contributed by atoms with Crippen LogP contribution in [-0.4, -0.2) is 76.1 Å². The Bertz CT molecular complexity index is 989. The molecule has 8 heteroatoms. The maximum Gasteiger partial charge on any atom is 0.225 e. The summed E-state index contributed by atoms with van der Waals surface area (Å²) in [7, 11) is 2.17. The van der Waals surface area contributed by atoms with E-state index in [1.165, 1.54) is 0 Å². The normalized spacial score (nSPS) is 20.1. The van der Waals surface area contributed by atoms with E-state index in [1.54, 1.807) is 12.4 Å². The van der Waals surface area contributed by atoms with Crippen molar-refractivity contribution in [3.8, 4) is 11.1 Å². The lowest BCUT2D eigenvalue weighted by Gasteiger charge is -2.35. The molecule has 5 heterocycles. The molecule has 0 spiro atoms. The minimum absolute atomic E-state index is 0.313. The smallest absolute Gasteiger partial charge is 0.225 e. The van der Waals surface area contributed by atoms with Gasteiger partial charge in [-0.15, -0.1) is 0 Å². The van der Waals surface area contributed by atoms with Crippen LogP contribution in [0.1, 0.15) is 24.5 Å². The quantitative estimate of drug-likeness (QED) is 0.642. The van der Waals surface area contributed by atoms with Crippen LogP contribution in [0.4, 0.5) is 11.8 Å². The summed E-state index contributed by atoms with van der Waals surface area (Å²) in [5.74, 6) is 2.09. The van der Waals surface area contributed by atoms with E-state index in [-0.39, 0.29) is 0 Å². The molecular weight excluding hydrogens is 388 g/mol. The van der Waals surface area contributed by atoms with Gasteiger partial charge in [-0.3, -0.25) is 9.97 Å². The van der Waals surface area contributed by atoms with Gasteiger partial charge < -0.3 is 14.7 Å². The van der Waals surface area contributed by atoms with Gasteiger partial charge in [0.2, 0.25) is 5.95 Å². The molecule has 2 fully saturated rings. The second-order valence-electron chi connectivity index (χ2n) is 8.34. The van der Waals surface area contributed by atoms with Gasteiger partial charge in [0.05, 0.1) is 11.9 Å². The van der Waals surface area contributed by atoms with Crippen molar-refractivity contribution in [2.75, 3.05) is 56.1 Å². The van der Waals surface area contributed by atoms with Gasteiger partial charge in [0, 0.05) is 81.7 Å². The second kappa shape index (κ2) is 8.93. The van der Waals surface area contributed by atoms with E-state index in [1.807, 2.05) is 36.9 Å². The van der Waals surface area contributed by atoms with Crippen LogP contribution in [-0.2, 0) is 0 Å². The lowest BCUT2D eigenvalue weighted by atomic mass is 9.90. The Morgan fingerprint density at radius 1 is 0.839 bits per heavy atom. The first kappa shape index (κ1) is 19.8. The molecule has 0 N–H and O–H groups in total. The van der Waals surface area contributed by atoms with Gasteiger partial charge in [-0.05, 0) is 37.6 Å². The fraction of sp³-hybridized carbons (Fsp3) is 0.435. The van der Waals surface area contributed by atoms with Crippen LogP contribution in [0.25, 0.3) is 11.1 Å². The molecule has 1 unspecified atom stereocenters. The van der Waals surface area contributed by atoms with Crippen LogP contribution in [0.15, 0.2) is 49.3 Å². The summed E-state index contributed by atoms with van der Waals surface area (Å²) in [4.78, 5) is 29.9. The fourth-order valence-corrected chi connectivity index (χ4v) is 4.47. The zero-order valence-electron chi connectivity index (χ0n) is 17.9. The predicted octanol–water partition coefficient (Wildman–Crippen LogP) is 2.46. The number of hydrogen-bond acceptors (Lipinski definition) is 8. The van der Waals surface area contributed by atoms with Crippen LogP contribution < -0.4 is 9.80 Å². The Hall–Kier alpha value is -3.13. The van der Waals surface area contributed by atoms with Gasteiger partial charge in [0.25, 0.3) is 0 Å². The van der Waals surface area contributed by atoms with E-state index >= 15 is 0 Å². The summed E-state index contributed by atoms with van der Waals surface area (Å²) in [6.45, 7) is 5.87. The van der Waals surface area contributed by atoms with Gasteiger partial charge in [-0.1, -0.05) is 0 Å². The largest absolute Gasteiger partial charge is 0.355 e. The number of likely N-dealkylation sites (N-methyl/N-ethyl adjacent to an activating group) is 1. The molecule has 2 aliphatic rings. The highest BCUT2D eigenvalue weighted by atomic mass is 15.3. The van der Waals surface area contributed by atoms with Gasteiger partial charge in [-0.25, -0.2) is 15.0 Å². The number of hydrogen-bond donors (Lipinski definition) is 0. The number of piperidine rings is 1. The monoisotopic (exact) mass is 416 g/mol. The molecule has 2 saturated heterocycles. The van der Waals surface area contributed by atoms with Crippen LogP contribution in [0.5, 0.6) is 0 Å². The molecule has 0 saturated carbocycles.